The molecule has 1 saturated carbocycles. The van der Waals surface area contributed by atoms with Gasteiger partial charge in [-0.15, -0.1) is 0 Å². The summed E-state index contributed by atoms with van der Waals surface area (Å²) in [4.78, 5) is 2.15. The van der Waals surface area contributed by atoms with Crippen molar-refractivity contribution in [3.8, 4) is 0 Å². The van der Waals surface area contributed by atoms with Crippen LogP contribution in [0.5, 0.6) is 0 Å². The third kappa shape index (κ3) is 1.49. The van der Waals surface area contributed by atoms with E-state index < -0.39 is 0 Å². The van der Waals surface area contributed by atoms with Gasteiger partial charge in [-0.3, -0.25) is 0 Å². The standard InChI is InChI=1S/C10H21NO2/c1-10(2)8(6-13)7(5-12)9(10)11(3)4/h7-9,12-13H,5-6H2,1-4H3/t7-,8-,9-/m0/s1. The quantitative estimate of drug-likeness (QED) is 0.662. The topological polar surface area (TPSA) is 43.7 Å². The maximum absolute atomic E-state index is 9.20. The van der Waals surface area contributed by atoms with Crippen molar-refractivity contribution < 1.29 is 10.2 Å². The summed E-state index contributed by atoms with van der Waals surface area (Å²) in [5, 5.41) is 18.4. The van der Waals surface area contributed by atoms with Crippen LogP contribution in [-0.4, -0.2) is 48.5 Å². The fourth-order valence-electron chi connectivity index (χ4n) is 3.07. The summed E-state index contributed by atoms with van der Waals surface area (Å²) in [5.74, 6) is 0.472. The molecular formula is C10H21NO2. The summed E-state index contributed by atoms with van der Waals surface area (Å²) in [6, 6.07) is 0.384. The largest absolute Gasteiger partial charge is 0.396 e. The second-order valence-electron chi connectivity index (χ2n) is 4.87. The number of hydrogen-bond acceptors (Lipinski definition) is 3. The van der Waals surface area contributed by atoms with Crippen LogP contribution in [0.2, 0.25) is 0 Å². The molecule has 0 aromatic carbocycles. The third-order valence-corrected chi connectivity index (χ3v) is 3.60. The second kappa shape index (κ2) is 3.56. The number of nitrogens with zero attached hydrogens (tertiary/aromatic N) is 1. The molecule has 0 aromatic heterocycles. The molecule has 3 nitrogen and oxygen atoms in total. The van der Waals surface area contributed by atoms with Crippen molar-refractivity contribution in [2.24, 2.45) is 17.3 Å². The minimum atomic E-state index is 0.117. The molecule has 0 spiro atoms. The van der Waals surface area contributed by atoms with Crippen LogP contribution < -0.4 is 0 Å². The van der Waals surface area contributed by atoms with Crippen molar-refractivity contribution in [1.29, 1.82) is 0 Å². The van der Waals surface area contributed by atoms with Gasteiger partial charge in [0.05, 0.1) is 0 Å². The van der Waals surface area contributed by atoms with Crippen molar-refractivity contribution in [2.45, 2.75) is 19.9 Å². The van der Waals surface area contributed by atoms with Gasteiger partial charge in [0.15, 0.2) is 0 Å². The van der Waals surface area contributed by atoms with E-state index in [-0.39, 0.29) is 30.5 Å². The van der Waals surface area contributed by atoms with E-state index in [2.05, 4.69) is 18.7 Å². The number of aliphatic hydroxyl groups is 2. The molecule has 0 unspecified atom stereocenters. The lowest BCUT2D eigenvalue weighted by atomic mass is 9.52. The Labute approximate surface area is 80.4 Å². The van der Waals surface area contributed by atoms with E-state index in [9.17, 15) is 10.2 Å². The van der Waals surface area contributed by atoms with Gasteiger partial charge >= 0.3 is 0 Å². The Bertz CT molecular complexity index is 180. The Morgan fingerprint density at radius 1 is 1.15 bits per heavy atom. The Morgan fingerprint density at radius 3 is 2.00 bits per heavy atom. The average Bonchev–Trinajstić information content (AvgIpc) is 2.00. The lowest BCUT2D eigenvalue weighted by Gasteiger charge is -2.60. The summed E-state index contributed by atoms with van der Waals surface area (Å²) in [7, 11) is 4.06. The van der Waals surface area contributed by atoms with Gasteiger partial charge in [0.1, 0.15) is 0 Å². The first-order chi connectivity index (χ1) is 5.96. The van der Waals surface area contributed by atoms with Crippen LogP contribution in [0.4, 0.5) is 0 Å². The summed E-state index contributed by atoms with van der Waals surface area (Å²) in [6.45, 7) is 4.68. The summed E-state index contributed by atoms with van der Waals surface area (Å²) < 4.78 is 0. The van der Waals surface area contributed by atoms with Gasteiger partial charge in [-0.2, -0.15) is 0 Å². The van der Waals surface area contributed by atoms with E-state index in [4.69, 9.17) is 0 Å². The van der Waals surface area contributed by atoms with Crippen LogP contribution in [0.1, 0.15) is 13.8 Å². The van der Waals surface area contributed by atoms with Crippen LogP contribution in [0.25, 0.3) is 0 Å². The molecule has 0 heterocycles. The smallest absolute Gasteiger partial charge is 0.0478 e. The number of aliphatic hydroxyl groups excluding tert-OH is 2. The lowest BCUT2D eigenvalue weighted by molar-refractivity contribution is -0.145. The van der Waals surface area contributed by atoms with Crippen molar-refractivity contribution >= 4 is 0 Å². The van der Waals surface area contributed by atoms with Gasteiger partial charge in [0, 0.05) is 25.2 Å². The van der Waals surface area contributed by atoms with Gasteiger partial charge in [0.25, 0.3) is 0 Å². The first-order valence-corrected chi connectivity index (χ1v) is 4.85. The molecule has 78 valence electrons. The van der Waals surface area contributed by atoms with Crippen LogP contribution in [0, 0.1) is 17.3 Å². The molecule has 3 heteroatoms. The normalized spacial score (nSPS) is 37.6. The van der Waals surface area contributed by atoms with E-state index in [1.54, 1.807) is 0 Å². The van der Waals surface area contributed by atoms with E-state index in [1.807, 2.05) is 14.1 Å². The van der Waals surface area contributed by atoms with Crippen molar-refractivity contribution in [3.63, 3.8) is 0 Å². The van der Waals surface area contributed by atoms with Gasteiger partial charge in [-0.25, -0.2) is 0 Å². The molecule has 0 saturated heterocycles. The monoisotopic (exact) mass is 187 g/mol. The third-order valence-electron chi connectivity index (χ3n) is 3.60. The van der Waals surface area contributed by atoms with E-state index in [0.717, 1.165) is 0 Å². The molecule has 1 aliphatic rings. The summed E-state index contributed by atoms with van der Waals surface area (Å²) >= 11 is 0. The number of rotatable bonds is 3. The Hall–Kier alpha value is -0.120. The Balaban J connectivity index is 2.74. The van der Waals surface area contributed by atoms with Crippen molar-refractivity contribution in [1.82, 2.24) is 4.90 Å². The average molecular weight is 187 g/mol. The molecular weight excluding hydrogens is 166 g/mol. The predicted octanol–water partition coefficient (Wildman–Crippen LogP) is 0.173. The van der Waals surface area contributed by atoms with Crippen molar-refractivity contribution in [2.75, 3.05) is 27.3 Å². The van der Waals surface area contributed by atoms with E-state index >= 15 is 0 Å². The highest BCUT2D eigenvalue weighted by Gasteiger charge is 2.56. The zero-order valence-electron chi connectivity index (χ0n) is 8.99. The second-order valence-corrected chi connectivity index (χ2v) is 4.87. The Morgan fingerprint density at radius 2 is 1.69 bits per heavy atom. The first-order valence-electron chi connectivity index (χ1n) is 4.85. The van der Waals surface area contributed by atoms with Gasteiger partial charge < -0.3 is 15.1 Å². The van der Waals surface area contributed by atoms with Crippen LogP contribution in [0.3, 0.4) is 0 Å². The molecule has 0 amide bonds. The molecule has 3 atom stereocenters. The highest BCUT2D eigenvalue weighted by molar-refractivity contribution is 5.07. The first kappa shape index (κ1) is 11.0. The minimum Gasteiger partial charge on any atom is -0.396 e. The molecule has 0 radical (unpaired) electrons. The molecule has 1 fully saturated rings. The maximum Gasteiger partial charge on any atom is 0.0478 e. The lowest BCUT2D eigenvalue weighted by Crippen LogP contribution is -2.65. The highest BCUT2D eigenvalue weighted by atomic mass is 16.3. The van der Waals surface area contributed by atoms with E-state index in [1.165, 1.54) is 0 Å². The van der Waals surface area contributed by atoms with Crippen molar-refractivity contribution in [3.05, 3.63) is 0 Å². The molecule has 0 bridgehead atoms. The van der Waals surface area contributed by atoms with Gasteiger partial charge in [-0.1, -0.05) is 13.8 Å². The predicted molar refractivity (Wildman–Crippen MR) is 52.4 cm³/mol. The molecule has 0 aromatic rings. The fraction of sp³-hybridized carbons (Fsp3) is 1.00. The van der Waals surface area contributed by atoms with Gasteiger partial charge in [-0.05, 0) is 25.4 Å². The SMILES string of the molecule is CN(C)[C@H]1[C@@H](CO)[C@H](CO)C1(C)C. The maximum atomic E-state index is 9.20. The molecule has 1 aliphatic carbocycles. The molecule has 2 N–H and O–H groups in total. The Kier molecular flexibility index (Phi) is 3.00. The molecule has 13 heavy (non-hydrogen) atoms. The highest BCUT2D eigenvalue weighted by Crippen LogP contribution is 2.52. The fourth-order valence-corrected chi connectivity index (χ4v) is 3.07. The van der Waals surface area contributed by atoms with Crippen LogP contribution >= 0.6 is 0 Å². The van der Waals surface area contributed by atoms with Crippen LogP contribution in [-0.2, 0) is 0 Å². The molecule has 1 rings (SSSR count). The zero-order valence-corrected chi connectivity index (χ0v) is 8.99. The summed E-state index contributed by atoms with van der Waals surface area (Å²) in [6.07, 6.45) is 0. The van der Waals surface area contributed by atoms with E-state index in [0.29, 0.717) is 6.04 Å². The van der Waals surface area contributed by atoms with Crippen LogP contribution in [0.15, 0.2) is 0 Å². The number of hydrogen-bond donors (Lipinski definition) is 2. The zero-order chi connectivity index (χ0) is 10.2. The minimum absolute atomic E-state index is 0.117. The molecule has 0 aliphatic heterocycles. The summed E-state index contributed by atoms with van der Waals surface area (Å²) in [5.41, 5.74) is 0.117. The van der Waals surface area contributed by atoms with Gasteiger partial charge in [0.2, 0.25) is 0 Å².